The monoisotopic (exact) mass is 217 g/mol. The topological polar surface area (TPSA) is 21.3 Å². The fraction of sp³-hybridized carbons (Fsp3) is 0.429. The normalized spacial score (nSPS) is 12.0. The second kappa shape index (κ2) is 7.92. The molecule has 0 aliphatic heterocycles. The Hall–Kier alpha value is -1.30. The van der Waals surface area contributed by atoms with E-state index in [4.69, 9.17) is 11.2 Å². The summed E-state index contributed by atoms with van der Waals surface area (Å²) in [5, 5.41) is 3.45. The lowest BCUT2D eigenvalue weighted by Crippen LogP contribution is -2.32. The molecule has 1 atom stereocenters. The highest BCUT2D eigenvalue weighted by Crippen LogP contribution is 2.00. The van der Waals surface area contributed by atoms with E-state index in [2.05, 4.69) is 30.3 Å². The highest BCUT2D eigenvalue weighted by Gasteiger charge is 2.04. The molecule has 0 spiro atoms. The van der Waals surface area contributed by atoms with Crippen LogP contribution in [0, 0.1) is 12.3 Å². The Morgan fingerprint density at radius 2 is 2.12 bits per heavy atom. The summed E-state index contributed by atoms with van der Waals surface area (Å²) in [5.74, 6) is 2.47. The summed E-state index contributed by atoms with van der Waals surface area (Å²) in [4.78, 5) is 0. The molecule has 16 heavy (non-hydrogen) atoms. The van der Waals surface area contributed by atoms with Gasteiger partial charge in [0, 0.05) is 12.6 Å². The number of terminal acetylenes is 1. The van der Waals surface area contributed by atoms with Gasteiger partial charge in [-0.25, -0.2) is 0 Å². The van der Waals surface area contributed by atoms with Gasteiger partial charge in [0.05, 0.1) is 6.61 Å². The highest BCUT2D eigenvalue weighted by atomic mass is 16.5. The molecule has 2 nitrogen and oxygen atoms in total. The van der Waals surface area contributed by atoms with Crippen LogP contribution in [0.1, 0.15) is 18.9 Å². The molecule has 1 N–H and O–H groups in total. The van der Waals surface area contributed by atoms with Crippen molar-refractivity contribution < 1.29 is 4.74 Å². The molecular weight excluding hydrogens is 198 g/mol. The summed E-state index contributed by atoms with van der Waals surface area (Å²) in [6.07, 6.45) is 6.16. The van der Waals surface area contributed by atoms with Gasteiger partial charge in [0.1, 0.15) is 6.61 Å². The molecule has 1 aromatic rings. The van der Waals surface area contributed by atoms with Crippen LogP contribution >= 0.6 is 0 Å². The molecule has 1 unspecified atom stereocenters. The molecule has 0 amide bonds. The van der Waals surface area contributed by atoms with Crippen LogP contribution in [0.3, 0.4) is 0 Å². The first-order valence-electron chi connectivity index (χ1n) is 5.65. The van der Waals surface area contributed by atoms with Crippen LogP contribution in [0.15, 0.2) is 30.3 Å². The maximum absolute atomic E-state index is 5.33. The van der Waals surface area contributed by atoms with Crippen molar-refractivity contribution in [2.45, 2.75) is 25.9 Å². The summed E-state index contributed by atoms with van der Waals surface area (Å²) in [6.45, 7) is 4.08. The smallest absolute Gasteiger partial charge is 0.107 e. The van der Waals surface area contributed by atoms with Crippen molar-refractivity contribution in [3.8, 4) is 12.3 Å². The van der Waals surface area contributed by atoms with Crippen molar-refractivity contribution in [1.29, 1.82) is 0 Å². The van der Waals surface area contributed by atoms with E-state index in [1.54, 1.807) is 0 Å². The fourth-order valence-corrected chi connectivity index (χ4v) is 1.44. The third-order valence-corrected chi connectivity index (χ3v) is 2.43. The van der Waals surface area contributed by atoms with Crippen LogP contribution < -0.4 is 5.32 Å². The predicted molar refractivity (Wildman–Crippen MR) is 67.0 cm³/mol. The number of benzene rings is 1. The maximum Gasteiger partial charge on any atom is 0.107 e. The second-order valence-corrected chi connectivity index (χ2v) is 3.69. The Kier molecular flexibility index (Phi) is 6.32. The van der Waals surface area contributed by atoms with Gasteiger partial charge in [0.25, 0.3) is 0 Å². The molecule has 0 fully saturated rings. The third-order valence-electron chi connectivity index (χ3n) is 2.43. The Balaban J connectivity index is 2.26. The second-order valence-electron chi connectivity index (χ2n) is 3.69. The molecule has 0 bridgehead atoms. The van der Waals surface area contributed by atoms with Gasteiger partial charge in [-0.15, -0.1) is 6.42 Å². The Morgan fingerprint density at radius 3 is 2.75 bits per heavy atom. The summed E-state index contributed by atoms with van der Waals surface area (Å²) >= 11 is 0. The lowest BCUT2D eigenvalue weighted by molar-refractivity contribution is 0.137. The van der Waals surface area contributed by atoms with Gasteiger partial charge in [-0.2, -0.15) is 0 Å². The van der Waals surface area contributed by atoms with Gasteiger partial charge in [0.15, 0.2) is 0 Å². The molecule has 1 aromatic carbocycles. The van der Waals surface area contributed by atoms with Crippen molar-refractivity contribution in [3.63, 3.8) is 0 Å². The molecule has 0 aliphatic carbocycles. The zero-order chi connectivity index (χ0) is 11.6. The Labute approximate surface area is 98.0 Å². The molecule has 0 aromatic heterocycles. The van der Waals surface area contributed by atoms with E-state index in [9.17, 15) is 0 Å². The number of nitrogens with one attached hydrogen (secondary N) is 1. The minimum absolute atomic E-state index is 0.369. The van der Waals surface area contributed by atoms with Gasteiger partial charge in [0.2, 0.25) is 0 Å². The molecule has 1 rings (SSSR count). The van der Waals surface area contributed by atoms with Gasteiger partial charge < -0.3 is 10.1 Å². The molecule has 0 heterocycles. The van der Waals surface area contributed by atoms with E-state index in [1.165, 1.54) is 5.56 Å². The number of hydrogen-bond acceptors (Lipinski definition) is 2. The van der Waals surface area contributed by atoms with E-state index in [0.29, 0.717) is 19.3 Å². The average Bonchev–Trinajstić information content (AvgIpc) is 2.35. The van der Waals surface area contributed by atoms with Crippen molar-refractivity contribution in [2.24, 2.45) is 0 Å². The van der Waals surface area contributed by atoms with Crippen molar-refractivity contribution in [3.05, 3.63) is 35.9 Å². The number of hydrogen-bond donors (Lipinski definition) is 1. The fourth-order valence-electron chi connectivity index (χ4n) is 1.44. The predicted octanol–water partition coefficient (Wildman–Crippen LogP) is 2.20. The van der Waals surface area contributed by atoms with Crippen molar-refractivity contribution in [1.82, 2.24) is 5.32 Å². The van der Waals surface area contributed by atoms with Crippen molar-refractivity contribution in [2.75, 3.05) is 13.2 Å². The molecule has 0 saturated heterocycles. The SMILES string of the molecule is C#CCOCC(CC)NCc1ccccc1. The number of ether oxygens (including phenoxy) is 1. The molecule has 86 valence electrons. The lowest BCUT2D eigenvalue weighted by atomic mass is 10.2. The van der Waals surface area contributed by atoms with E-state index in [1.807, 2.05) is 18.2 Å². The third kappa shape index (κ3) is 4.97. The zero-order valence-electron chi connectivity index (χ0n) is 9.78. The average molecular weight is 217 g/mol. The maximum atomic E-state index is 5.33. The van der Waals surface area contributed by atoms with Gasteiger partial charge in [-0.3, -0.25) is 0 Å². The minimum atomic E-state index is 0.369. The van der Waals surface area contributed by atoms with Gasteiger partial charge in [-0.1, -0.05) is 43.2 Å². The summed E-state index contributed by atoms with van der Waals surface area (Å²) in [7, 11) is 0. The minimum Gasteiger partial charge on any atom is -0.367 e. The Morgan fingerprint density at radius 1 is 1.38 bits per heavy atom. The van der Waals surface area contributed by atoms with Gasteiger partial charge >= 0.3 is 0 Å². The number of rotatable bonds is 7. The van der Waals surface area contributed by atoms with Crippen LogP contribution in [0.5, 0.6) is 0 Å². The first-order valence-corrected chi connectivity index (χ1v) is 5.65. The van der Waals surface area contributed by atoms with E-state index in [-0.39, 0.29) is 0 Å². The highest BCUT2D eigenvalue weighted by molar-refractivity contribution is 5.14. The Bertz CT molecular complexity index is 315. The first-order chi connectivity index (χ1) is 7.86. The molecule has 0 saturated carbocycles. The van der Waals surface area contributed by atoms with E-state index in [0.717, 1.165) is 13.0 Å². The zero-order valence-corrected chi connectivity index (χ0v) is 9.78. The lowest BCUT2D eigenvalue weighted by Gasteiger charge is -2.16. The molecular formula is C14H19NO. The standard InChI is InChI=1S/C14H19NO/c1-3-10-16-12-14(4-2)15-11-13-8-6-5-7-9-13/h1,5-9,14-15H,4,10-12H2,2H3. The summed E-state index contributed by atoms with van der Waals surface area (Å²) in [5.41, 5.74) is 1.29. The van der Waals surface area contributed by atoms with Crippen molar-refractivity contribution >= 4 is 0 Å². The summed E-state index contributed by atoms with van der Waals surface area (Å²) < 4.78 is 5.33. The van der Waals surface area contributed by atoms with E-state index >= 15 is 0 Å². The van der Waals surface area contributed by atoms with Gasteiger partial charge in [-0.05, 0) is 12.0 Å². The van der Waals surface area contributed by atoms with Crippen LogP contribution in [0.2, 0.25) is 0 Å². The summed E-state index contributed by atoms with van der Waals surface area (Å²) in [6, 6.07) is 10.7. The van der Waals surface area contributed by atoms with Crippen LogP contribution in [-0.4, -0.2) is 19.3 Å². The molecule has 2 heteroatoms. The first kappa shape index (κ1) is 12.8. The largest absolute Gasteiger partial charge is 0.367 e. The van der Waals surface area contributed by atoms with Crippen LogP contribution in [0.4, 0.5) is 0 Å². The quantitative estimate of drug-likeness (QED) is 0.558. The van der Waals surface area contributed by atoms with E-state index < -0.39 is 0 Å². The molecule has 0 radical (unpaired) electrons. The van der Waals surface area contributed by atoms with Crippen LogP contribution in [-0.2, 0) is 11.3 Å². The molecule has 0 aliphatic rings. The van der Waals surface area contributed by atoms with Crippen LogP contribution in [0.25, 0.3) is 0 Å².